The molecule has 2 atom stereocenters. The Morgan fingerprint density at radius 1 is 1.18 bits per heavy atom. The molecule has 2 heterocycles. The highest BCUT2D eigenvalue weighted by atomic mass is 16.5. The first-order chi connectivity index (χ1) is 13.7. The first-order valence-electron chi connectivity index (χ1n) is 10.3. The zero-order valence-electron chi connectivity index (χ0n) is 16.2. The summed E-state index contributed by atoms with van der Waals surface area (Å²) in [4.78, 5) is 0. The molecule has 5 rings (SSSR count). The molecule has 0 bridgehead atoms. The van der Waals surface area contributed by atoms with Crippen LogP contribution in [0.1, 0.15) is 71.8 Å². The summed E-state index contributed by atoms with van der Waals surface area (Å²) in [6.45, 7) is 2.11. The Morgan fingerprint density at radius 2 is 2.04 bits per heavy atom. The molecule has 2 N–H and O–H groups in total. The molecule has 0 amide bonds. The van der Waals surface area contributed by atoms with Gasteiger partial charge in [0.15, 0.2) is 12.0 Å². The predicted octanol–water partition coefficient (Wildman–Crippen LogP) is 3.71. The number of aryl methyl sites for hydroxylation is 2. The molecule has 2 aliphatic rings. The molecule has 28 heavy (non-hydrogen) atoms. The normalized spacial score (nSPS) is 19.9. The summed E-state index contributed by atoms with van der Waals surface area (Å²) in [7, 11) is 0. The molecule has 2 aromatic heterocycles. The zero-order chi connectivity index (χ0) is 19.1. The van der Waals surface area contributed by atoms with Crippen LogP contribution < -0.4 is 5.32 Å². The fraction of sp³-hybridized carbons (Fsp3) is 0.455. The fourth-order valence-corrected chi connectivity index (χ4v) is 4.63. The van der Waals surface area contributed by atoms with Gasteiger partial charge in [-0.25, -0.2) is 4.68 Å². The molecule has 6 heteroatoms. The van der Waals surface area contributed by atoms with Crippen molar-refractivity contribution in [3.8, 4) is 5.69 Å². The smallest absolute Gasteiger partial charge is 0.183 e. The Morgan fingerprint density at radius 3 is 2.93 bits per heavy atom. The summed E-state index contributed by atoms with van der Waals surface area (Å²) in [6.07, 6.45) is 8.29. The SMILES string of the molecule is Cc1ccccc1-n1ncc2c1CCC[C@H]2NC(O)c1onc2c1CCCC2. The van der Waals surface area contributed by atoms with E-state index >= 15 is 0 Å². The molecule has 0 fully saturated rings. The van der Waals surface area contributed by atoms with Crippen molar-refractivity contribution in [3.05, 3.63) is 64.3 Å². The maximum atomic E-state index is 10.8. The number of para-hydroxylation sites is 1. The summed E-state index contributed by atoms with van der Waals surface area (Å²) < 4.78 is 7.57. The topological polar surface area (TPSA) is 76.1 Å². The summed E-state index contributed by atoms with van der Waals surface area (Å²) >= 11 is 0. The Bertz CT molecular complexity index is 990. The second-order valence-electron chi connectivity index (χ2n) is 7.94. The summed E-state index contributed by atoms with van der Waals surface area (Å²) in [6, 6.07) is 8.37. The van der Waals surface area contributed by atoms with E-state index in [-0.39, 0.29) is 6.04 Å². The lowest BCUT2D eigenvalue weighted by Gasteiger charge is -2.26. The van der Waals surface area contributed by atoms with E-state index in [4.69, 9.17) is 4.52 Å². The van der Waals surface area contributed by atoms with Gasteiger partial charge in [-0.15, -0.1) is 0 Å². The summed E-state index contributed by atoms with van der Waals surface area (Å²) in [5.41, 5.74) is 6.83. The first-order valence-corrected chi connectivity index (χ1v) is 10.3. The van der Waals surface area contributed by atoms with Gasteiger partial charge < -0.3 is 9.63 Å². The third kappa shape index (κ3) is 2.97. The van der Waals surface area contributed by atoms with Gasteiger partial charge in [0.1, 0.15) is 0 Å². The molecule has 2 aliphatic carbocycles. The van der Waals surface area contributed by atoms with Crippen LogP contribution in [-0.4, -0.2) is 20.0 Å². The van der Waals surface area contributed by atoms with Crippen molar-refractivity contribution in [1.82, 2.24) is 20.3 Å². The van der Waals surface area contributed by atoms with Crippen LogP contribution in [0.3, 0.4) is 0 Å². The minimum absolute atomic E-state index is 0.0564. The predicted molar refractivity (Wildman–Crippen MR) is 105 cm³/mol. The van der Waals surface area contributed by atoms with Gasteiger partial charge in [-0.3, -0.25) is 5.32 Å². The van der Waals surface area contributed by atoms with Crippen LogP contribution in [0.5, 0.6) is 0 Å². The lowest BCUT2D eigenvalue weighted by Crippen LogP contribution is -2.29. The van der Waals surface area contributed by atoms with Crippen molar-refractivity contribution in [1.29, 1.82) is 0 Å². The lowest BCUT2D eigenvalue weighted by molar-refractivity contribution is 0.0878. The number of benzene rings is 1. The van der Waals surface area contributed by atoms with E-state index in [0.29, 0.717) is 5.76 Å². The quantitative estimate of drug-likeness (QED) is 0.677. The molecule has 0 aliphatic heterocycles. The number of aliphatic hydroxyl groups is 1. The fourth-order valence-electron chi connectivity index (χ4n) is 4.63. The van der Waals surface area contributed by atoms with E-state index in [2.05, 4.69) is 39.3 Å². The van der Waals surface area contributed by atoms with Crippen LogP contribution in [0.2, 0.25) is 0 Å². The number of hydrogen-bond acceptors (Lipinski definition) is 5. The number of hydrogen-bond donors (Lipinski definition) is 2. The Hall–Kier alpha value is -2.44. The van der Waals surface area contributed by atoms with E-state index in [9.17, 15) is 5.11 Å². The number of aromatic nitrogens is 3. The van der Waals surface area contributed by atoms with E-state index in [1.54, 1.807) is 0 Å². The van der Waals surface area contributed by atoms with Gasteiger partial charge in [-0.2, -0.15) is 5.10 Å². The van der Waals surface area contributed by atoms with Crippen LogP contribution in [0, 0.1) is 6.92 Å². The highest BCUT2D eigenvalue weighted by Crippen LogP contribution is 2.34. The number of nitrogens with one attached hydrogen (secondary N) is 1. The maximum absolute atomic E-state index is 10.8. The highest BCUT2D eigenvalue weighted by Gasteiger charge is 2.30. The lowest BCUT2D eigenvalue weighted by atomic mass is 9.92. The Balaban J connectivity index is 1.42. The molecule has 1 unspecified atom stereocenters. The van der Waals surface area contributed by atoms with Crippen LogP contribution in [0.4, 0.5) is 0 Å². The molecular formula is C22H26N4O2. The number of nitrogens with zero attached hydrogens (tertiary/aromatic N) is 3. The van der Waals surface area contributed by atoms with E-state index < -0.39 is 6.23 Å². The van der Waals surface area contributed by atoms with Gasteiger partial charge >= 0.3 is 0 Å². The highest BCUT2D eigenvalue weighted by molar-refractivity contribution is 5.43. The Kier molecular flexibility index (Phi) is 4.53. The summed E-state index contributed by atoms with van der Waals surface area (Å²) in [5, 5.41) is 23.1. The minimum Gasteiger partial charge on any atom is -0.371 e. The van der Waals surface area contributed by atoms with Gasteiger partial charge in [-0.05, 0) is 63.5 Å². The van der Waals surface area contributed by atoms with Crippen molar-refractivity contribution in [2.45, 2.75) is 64.1 Å². The van der Waals surface area contributed by atoms with Gasteiger partial charge in [-0.1, -0.05) is 23.4 Å². The minimum atomic E-state index is -0.841. The third-order valence-electron chi connectivity index (χ3n) is 6.12. The molecule has 1 aromatic carbocycles. The zero-order valence-corrected chi connectivity index (χ0v) is 16.2. The molecule has 3 aromatic rings. The van der Waals surface area contributed by atoms with Crippen molar-refractivity contribution < 1.29 is 9.63 Å². The number of rotatable bonds is 4. The van der Waals surface area contributed by atoms with Crippen molar-refractivity contribution in [2.75, 3.05) is 0 Å². The van der Waals surface area contributed by atoms with Crippen LogP contribution in [0.15, 0.2) is 35.0 Å². The number of aliphatic hydroxyl groups excluding tert-OH is 1. The average molecular weight is 378 g/mol. The largest absolute Gasteiger partial charge is 0.371 e. The molecule has 6 nitrogen and oxygen atoms in total. The van der Waals surface area contributed by atoms with Crippen molar-refractivity contribution in [3.63, 3.8) is 0 Å². The van der Waals surface area contributed by atoms with Crippen LogP contribution in [-0.2, 0) is 19.3 Å². The van der Waals surface area contributed by atoms with Crippen molar-refractivity contribution in [2.24, 2.45) is 0 Å². The molecule has 0 radical (unpaired) electrons. The molecule has 146 valence electrons. The maximum Gasteiger partial charge on any atom is 0.183 e. The van der Waals surface area contributed by atoms with E-state index in [0.717, 1.165) is 61.9 Å². The molecule has 0 saturated heterocycles. The van der Waals surface area contributed by atoms with Gasteiger partial charge in [0.05, 0.1) is 17.6 Å². The van der Waals surface area contributed by atoms with Gasteiger partial charge in [0.25, 0.3) is 0 Å². The van der Waals surface area contributed by atoms with Crippen molar-refractivity contribution >= 4 is 0 Å². The average Bonchev–Trinajstić information content (AvgIpc) is 3.33. The first kappa shape index (κ1) is 17.6. The molecular weight excluding hydrogens is 352 g/mol. The van der Waals surface area contributed by atoms with Crippen LogP contribution in [0.25, 0.3) is 5.69 Å². The number of fused-ring (bicyclic) bond motifs is 2. The standard InChI is InChI=1S/C22H26N4O2/c1-14-7-2-5-11-19(14)26-20-12-6-10-17(16(20)13-23-26)24-22(27)21-15-8-3-4-9-18(15)25-28-21/h2,5,7,11,13,17,22,24,27H,3-4,6,8-10,12H2,1H3/t17-,22?/m1/s1. The second kappa shape index (κ2) is 7.18. The van der Waals surface area contributed by atoms with Gasteiger partial charge in [0, 0.05) is 22.9 Å². The monoisotopic (exact) mass is 378 g/mol. The summed E-state index contributed by atoms with van der Waals surface area (Å²) in [5.74, 6) is 0.591. The van der Waals surface area contributed by atoms with E-state index in [1.165, 1.54) is 16.8 Å². The molecule has 0 saturated carbocycles. The van der Waals surface area contributed by atoms with Gasteiger partial charge in [0.2, 0.25) is 0 Å². The third-order valence-corrected chi connectivity index (χ3v) is 6.12. The second-order valence-corrected chi connectivity index (χ2v) is 7.94. The molecule has 0 spiro atoms. The van der Waals surface area contributed by atoms with E-state index in [1.807, 2.05) is 18.3 Å². The Labute approximate surface area is 164 Å². The van der Waals surface area contributed by atoms with Crippen LogP contribution >= 0.6 is 0 Å².